The SMILES string of the molecule is CCN(c1nc2ccccn2c1CCl)C(C)CN(C)C. The van der Waals surface area contributed by atoms with Gasteiger partial charge in [-0.1, -0.05) is 6.07 Å². The average molecular weight is 295 g/mol. The van der Waals surface area contributed by atoms with Crippen molar-refractivity contribution in [2.45, 2.75) is 25.8 Å². The van der Waals surface area contributed by atoms with Gasteiger partial charge in [-0.2, -0.15) is 0 Å². The molecular weight excluding hydrogens is 272 g/mol. The molecule has 0 bridgehead atoms. The van der Waals surface area contributed by atoms with E-state index in [1.807, 2.05) is 24.4 Å². The summed E-state index contributed by atoms with van der Waals surface area (Å²) in [6.45, 7) is 6.30. The highest BCUT2D eigenvalue weighted by Crippen LogP contribution is 2.25. The maximum absolute atomic E-state index is 6.17. The van der Waals surface area contributed by atoms with Gasteiger partial charge in [0.25, 0.3) is 0 Å². The third-order valence-corrected chi connectivity index (χ3v) is 3.76. The van der Waals surface area contributed by atoms with E-state index in [1.54, 1.807) is 0 Å². The molecule has 2 aromatic rings. The Morgan fingerprint density at radius 2 is 2.10 bits per heavy atom. The number of nitrogens with zero attached hydrogens (tertiary/aromatic N) is 4. The quantitative estimate of drug-likeness (QED) is 0.766. The topological polar surface area (TPSA) is 23.8 Å². The molecule has 0 saturated heterocycles. The molecule has 1 atom stereocenters. The Morgan fingerprint density at radius 3 is 2.70 bits per heavy atom. The van der Waals surface area contributed by atoms with E-state index >= 15 is 0 Å². The van der Waals surface area contributed by atoms with E-state index in [2.05, 4.69) is 42.1 Å². The Bertz CT molecular complexity index is 564. The van der Waals surface area contributed by atoms with Crippen LogP contribution in [0.25, 0.3) is 5.65 Å². The van der Waals surface area contributed by atoms with Crippen LogP contribution in [0.4, 0.5) is 5.82 Å². The minimum absolute atomic E-state index is 0.391. The van der Waals surface area contributed by atoms with Crippen LogP contribution in [0, 0.1) is 0 Å². The van der Waals surface area contributed by atoms with Crippen molar-refractivity contribution in [1.82, 2.24) is 14.3 Å². The zero-order valence-corrected chi connectivity index (χ0v) is 13.4. The lowest BCUT2D eigenvalue weighted by Crippen LogP contribution is -2.40. The normalized spacial score (nSPS) is 13.1. The van der Waals surface area contributed by atoms with Gasteiger partial charge in [0.05, 0.1) is 11.6 Å². The van der Waals surface area contributed by atoms with E-state index in [0.717, 1.165) is 30.2 Å². The molecule has 0 amide bonds. The first-order valence-electron chi connectivity index (χ1n) is 7.01. The number of rotatable bonds is 6. The molecule has 0 fully saturated rings. The van der Waals surface area contributed by atoms with Crippen molar-refractivity contribution in [3.8, 4) is 0 Å². The molecule has 0 aliphatic heterocycles. The fourth-order valence-electron chi connectivity index (χ4n) is 2.69. The molecule has 4 nitrogen and oxygen atoms in total. The number of pyridine rings is 1. The van der Waals surface area contributed by atoms with Gasteiger partial charge in [0, 0.05) is 25.3 Å². The molecule has 0 spiro atoms. The van der Waals surface area contributed by atoms with Crippen LogP contribution >= 0.6 is 11.6 Å². The molecule has 0 aliphatic rings. The monoisotopic (exact) mass is 294 g/mol. The predicted octanol–water partition coefficient (Wildman–Crippen LogP) is 2.85. The summed E-state index contributed by atoms with van der Waals surface area (Å²) in [6.07, 6.45) is 2.02. The summed E-state index contributed by atoms with van der Waals surface area (Å²) in [6, 6.07) is 6.42. The van der Waals surface area contributed by atoms with Crippen LogP contribution in [0.5, 0.6) is 0 Å². The highest BCUT2D eigenvalue weighted by molar-refractivity contribution is 6.17. The fraction of sp³-hybridized carbons (Fsp3) is 0.533. The Morgan fingerprint density at radius 1 is 1.35 bits per heavy atom. The van der Waals surface area contributed by atoms with Crippen molar-refractivity contribution >= 4 is 23.1 Å². The van der Waals surface area contributed by atoms with Crippen molar-refractivity contribution in [3.05, 3.63) is 30.1 Å². The molecule has 20 heavy (non-hydrogen) atoms. The van der Waals surface area contributed by atoms with Crippen molar-refractivity contribution in [2.24, 2.45) is 0 Å². The summed E-state index contributed by atoms with van der Waals surface area (Å²) in [5.74, 6) is 1.47. The van der Waals surface area contributed by atoms with Gasteiger partial charge in [-0.05, 0) is 40.1 Å². The van der Waals surface area contributed by atoms with E-state index in [-0.39, 0.29) is 0 Å². The summed E-state index contributed by atoms with van der Waals surface area (Å²) in [5.41, 5.74) is 2.02. The maximum Gasteiger partial charge on any atom is 0.152 e. The van der Waals surface area contributed by atoms with Gasteiger partial charge in [0.1, 0.15) is 5.65 Å². The van der Waals surface area contributed by atoms with E-state index < -0.39 is 0 Å². The number of hydrogen-bond acceptors (Lipinski definition) is 3. The third-order valence-electron chi connectivity index (χ3n) is 3.51. The first kappa shape index (κ1) is 15.1. The van der Waals surface area contributed by atoms with Gasteiger partial charge in [-0.25, -0.2) is 4.98 Å². The number of likely N-dealkylation sites (N-methyl/N-ethyl adjacent to an activating group) is 2. The lowest BCUT2D eigenvalue weighted by atomic mass is 10.2. The predicted molar refractivity (Wildman–Crippen MR) is 85.8 cm³/mol. The van der Waals surface area contributed by atoms with E-state index in [0.29, 0.717) is 11.9 Å². The van der Waals surface area contributed by atoms with Crippen LogP contribution in [-0.2, 0) is 5.88 Å². The molecule has 0 aromatic carbocycles. The molecule has 2 rings (SSSR count). The second-order valence-electron chi connectivity index (χ2n) is 5.34. The molecule has 2 heterocycles. The molecule has 2 aromatic heterocycles. The lowest BCUT2D eigenvalue weighted by Gasteiger charge is -2.30. The van der Waals surface area contributed by atoms with E-state index in [1.165, 1.54) is 0 Å². The van der Waals surface area contributed by atoms with Gasteiger partial charge in [-0.3, -0.25) is 0 Å². The number of fused-ring (bicyclic) bond motifs is 1. The van der Waals surface area contributed by atoms with Crippen LogP contribution in [0.3, 0.4) is 0 Å². The van der Waals surface area contributed by atoms with Gasteiger partial charge >= 0.3 is 0 Å². The number of hydrogen-bond donors (Lipinski definition) is 0. The minimum Gasteiger partial charge on any atom is -0.351 e. The Labute approximate surface area is 126 Å². The molecule has 0 saturated carbocycles. The second-order valence-corrected chi connectivity index (χ2v) is 5.61. The van der Waals surface area contributed by atoms with Gasteiger partial charge < -0.3 is 14.2 Å². The van der Waals surface area contributed by atoms with E-state index in [4.69, 9.17) is 16.6 Å². The second kappa shape index (κ2) is 6.46. The molecule has 1 unspecified atom stereocenters. The van der Waals surface area contributed by atoms with Crippen LogP contribution < -0.4 is 4.90 Å². The molecular formula is C15H23ClN4. The highest BCUT2D eigenvalue weighted by atomic mass is 35.5. The zero-order chi connectivity index (χ0) is 14.7. The van der Waals surface area contributed by atoms with Crippen LogP contribution in [-0.4, -0.2) is 47.5 Å². The van der Waals surface area contributed by atoms with Crippen LogP contribution in [0.1, 0.15) is 19.5 Å². The van der Waals surface area contributed by atoms with Crippen LogP contribution in [0.15, 0.2) is 24.4 Å². The van der Waals surface area contributed by atoms with Crippen molar-refractivity contribution in [1.29, 1.82) is 0 Å². The Hall–Kier alpha value is -1.26. The molecule has 0 aliphatic carbocycles. The highest BCUT2D eigenvalue weighted by Gasteiger charge is 2.21. The minimum atomic E-state index is 0.391. The Kier molecular flexibility index (Phi) is 4.89. The lowest BCUT2D eigenvalue weighted by molar-refractivity contribution is 0.372. The number of alkyl halides is 1. The molecule has 5 heteroatoms. The fourth-order valence-corrected chi connectivity index (χ4v) is 2.93. The maximum atomic E-state index is 6.17. The number of imidazole rings is 1. The summed E-state index contributed by atoms with van der Waals surface area (Å²) >= 11 is 6.17. The largest absolute Gasteiger partial charge is 0.351 e. The third kappa shape index (κ3) is 2.91. The first-order valence-corrected chi connectivity index (χ1v) is 7.55. The number of halogens is 1. The van der Waals surface area contributed by atoms with Crippen LogP contribution in [0.2, 0.25) is 0 Å². The first-order chi connectivity index (χ1) is 9.58. The molecule has 0 radical (unpaired) electrons. The van der Waals surface area contributed by atoms with Crippen molar-refractivity contribution < 1.29 is 0 Å². The Balaban J connectivity index is 2.43. The van der Waals surface area contributed by atoms with Gasteiger partial charge in [0.2, 0.25) is 0 Å². The van der Waals surface area contributed by atoms with Crippen molar-refractivity contribution in [2.75, 3.05) is 32.1 Å². The summed E-state index contributed by atoms with van der Waals surface area (Å²) in [7, 11) is 4.19. The number of aromatic nitrogens is 2. The molecule has 0 N–H and O–H groups in total. The summed E-state index contributed by atoms with van der Waals surface area (Å²) < 4.78 is 2.08. The summed E-state index contributed by atoms with van der Waals surface area (Å²) in [5, 5.41) is 0. The van der Waals surface area contributed by atoms with E-state index in [9.17, 15) is 0 Å². The number of anilines is 1. The average Bonchev–Trinajstić information content (AvgIpc) is 2.76. The van der Waals surface area contributed by atoms with Gasteiger partial charge in [-0.15, -0.1) is 11.6 Å². The molecule has 110 valence electrons. The zero-order valence-electron chi connectivity index (χ0n) is 12.7. The van der Waals surface area contributed by atoms with Crippen molar-refractivity contribution in [3.63, 3.8) is 0 Å². The van der Waals surface area contributed by atoms with Gasteiger partial charge in [0.15, 0.2) is 5.82 Å². The smallest absolute Gasteiger partial charge is 0.152 e. The standard InChI is InChI=1S/C15H23ClN4/c1-5-19(12(2)11-18(3)4)15-13(10-16)20-9-7-6-8-14(20)17-15/h6-9,12H,5,10-11H2,1-4H3. The summed E-state index contributed by atoms with van der Waals surface area (Å²) in [4.78, 5) is 9.29.